The Labute approximate surface area is 140 Å². The molecule has 1 heterocycles. The highest BCUT2D eigenvalue weighted by Gasteiger charge is 2.50. The highest BCUT2D eigenvalue weighted by atomic mass is 16.5. The second kappa shape index (κ2) is 7.44. The Morgan fingerprint density at radius 2 is 1.83 bits per heavy atom. The van der Waals surface area contributed by atoms with Gasteiger partial charge in [-0.15, -0.1) is 0 Å². The van der Waals surface area contributed by atoms with Crippen molar-refractivity contribution >= 4 is 17.8 Å². The van der Waals surface area contributed by atoms with Crippen molar-refractivity contribution in [3.8, 4) is 0 Å². The number of methoxy groups -OCH3 is 2. The fourth-order valence-corrected chi connectivity index (χ4v) is 3.15. The predicted molar refractivity (Wildman–Crippen MR) is 84.2 cm³/mol. The van der Waals surface area contributed by atoms with E-state index in [-0.39, 0.29) is 13.0 Å². The first kappa shape index (κ1) is 17.9. The van der Waals surface area contributed by atoms with Crippen molar-refractivity contribution in [3.05, 3.63) is 35.4 Å². The normalized spacial score (nSPS) is 23.1. The van der Waals surface area contributed by atoms with Crippen molar-refractivity contribution in [1.82, 2.24) is 4.90 Å². The summed E-state index contributed by atoms with van der Waals surface area (Å²) in [6.07, 6.45) is 0.00992. The van der Waals surface area contributed by atoms with Crippen molar-refractivity contribution in [1.29, 1.82) is 0 Å². The zero-order valence-electron chi connectivity index (χ0n) is 13.9. The number of nitrogens with zero attached hydrogens (tertiary/aromatic N) is 1. The van der Waals surface area contributed by atoms with Gasteiger partial charge in [0.15, 0.2) is 0 Å². The Balaban J connectivity index is 2.50. The number of aryl methyl sites for hydroxylation is 1. The molecule has 1 fully saturated rings. The van der Waals surface area contributed by atoms with Crippen LogP contribution in [0.2, 0.25) is 0 Å². The molecule has 7 heteroatoms. The Morgan fingerprint density at radius 1 is 1.21 bits per heavy atom. The summed E-state index contributed by atoms with van der Waals surface area (Å²) in [5.74, 6) is -2.89. The maximum Gasteiger partial charge on any atom is 0.326 e. The van der Waals surface area contributed by atoms with Gasteiger partial charge in [-0.1, -0.05) is 29.8 Å². The molecule has 1 aliphatic heterocycles. The van der Waals surface area contributed by atoms with Crippen LogP contribution in [0.3, 0.4) is 0 Å². The van der Waals surface area contributed by atoms with Gasteiger partial charge in [-0.25, -0.2) is 4.79 Å². The van der Waals surface area contributed by atoms with Gasteiger partial charge < -0.3 is 19.5 Å². The Kier molecular flexibility index (Phi) is 5.56. The fraction of sp³-hybridized carbons (Fsp3) is 0.471. The SMILES string of the molecule is COCC(=O)N1C(C(=O)O)CC(C(=O)OC)C1c1ccc(C)cc1. The number of hydrogen-bond acceptors (Lipinski definition) is 5. The van der Waals surface area contributed by atoms with Crippen LogP contribution >= 0.6 is 0 Å². The minimum atomic E-state index is -1.15. The van der Waals surface area contributed by atoms with Crippen LogP contribution in [0, 0.1) is 12.8 Å². The van der Waals surface area contributed by atoms with Gasteiger partial charge in [0.25, 0.3) is 0 Å². The van der Waals surface area contributed by atoms with Gasteiger partial charge in [-0.05, 0) is 18.9 Å². The van der Waals surface area contributed by atoms with Gasteiger partial charge in [-0.3, -0.25) is 9.59 Å². The summed E-state index contributed by atoms with van der Waals surface area (Å²) in [4.78, 5) is 37.5. The van der Waals surface area contributed by atoms with E-state index in [4.69, 9.17) is 9.47 Å². The van der Waals surface area contributed by atoms with Crippen LogP contribution in [0.25, 0.3) is 0 Å². The largest absolute Gasteiger partial charge is 0.480 e. The molecule has 24 heavy (non-hydrogen) atoms. The third-order valence-corrected chi connectivity index (χ3v) is 4.26. The lowest BCUT2D eigenvalue weighted by atomic mass is 9.92. The highest BCUT2D eigenvalue weighted by molar-refractivity contribution is 5.88. The molecule has 0 spiro atoms. The van der Waals surface area contributed by atoms with Crippen LogP contribution in [-0.4, -0.2) is 54.7 Å². The topological polar surface area (TPSA) is 93.1 Å². The summed E-state index contributed by atoms with van der Waals surface area (Å²) in [7, 11) is 2.62. The molecular formula is C17H21NO6. The molecule has 1 aromatic carbocycles. The van der Waals surface area contributed by atoms with Crippen molar-refractivity contribution in [2.75, 3.05) is 20.8 Å². The van der Waals surface area contributed by atoms with E-state index in [0.29, 0.717) is 5.56 Å². The highest BCUT2D eigenvalue weighted by Crippen LogP contribution is 2.42. The number of benzene rings is 1. The second-order valence-corrected chi connectivity index (χ2v) is 5.81. The predicted octanol–water partition coefficient (Wildman–Crippen LogP) is 1.16. The summed E-state index contributed by atoms with van der Waals surface area (Å²) in [6.45, 7) is 1.67. The molecular weight excluding hydrogens is 314 g/mol. The number of amides is 1. The molecule has 1 N–H and O–H groups in total. The standard InChI is InChI=1S/C17H21NO6/c1-10-4-6-11(7-5-10)15-12(17(22)24-3)8-13(16(20)21)18(15)14(19)9-23-2/h4-7,12-13,15H,8-9H2,1-3H3,(H,20,21). The molecule has 0 radical (unpaired) electrons. The van der Waals surface area contributed by atoms with E-state index in [1.807, 2.05) is 19.1 Å². The van der Waals surface area contributed by atoms with E-state index in [1.54, 1.807) is 12.1 Å². The third-order valence-electron chi connectivity index (χ3n) is 4.26. The monoisotopic (exact) mass is 335 g/mol. The molecule has 3 atom stereocenters. The minimum absolute atomic E-state index is 0.00992. The number of carboxylic acid groups (broad SMARTS) is 1. The summed E-state index contributed by atoms with van der Waals surface area (Å²) in [6, 6.07) is 5.53. The molecule has 0 aliphatic carbocycles. The average Bonchev–Trinajstić information content (AvgIpc) is 2.96. The zero-order valence-corrected chi connectivity index (χ0v) is 13.9. The van der Waals surface area contributed by atoms with Crippen molar-refractivity contribution < 1.29 is 29.0 Å². The molecule has 3 unspecified atom stereocenters. The second-order valence-electron chi connectivity index (χ2n) is 5.81. The molecule has 130 valence electrons. The zero-order chi connectivity index (χ0) is 17.9. The number of likely N-dealkylation sites (tertiary alicyclic amines) is 1. The lowest BCUT2D eigenvalue weighted by Crippen LogP contribution is -2.43. The molecule has 2 rings (SSSR count). The summed E-state index contributed by atoms with van der Waals surface area (Å²) in [5, 5.41) is 9.50. The van der Waals surface area contributed by atoms with E-state index in [9.17, 15) is 19.5 Å². The first-order chi connectivity index (χ1) is 11.4. The fourth-order valence-electron chi connectivity index (χ4n) is 3.15. The van der Waals surface area contributed by atoms with E-state index in [0.717, 1.165) is 5.56 Å². The third kappa shape index (κ3) is 3.41. The first-order valence-electron chi connectivity index (χ1n) is 7.58. The summed E-state index contributed by atoms with van der Waals surface area (Å²) >= 11 is 0. The summed E-state index contributed by atoms with van der Waals surface area (Å²) in [5.41, 5.74) is 1.72. The van der Waals surface area contributed by atoms with Crippen molar-refractivity contribution in [2.45, 2.75) is 25.4 Å². The smallest absolute Gasteiger partial charge is 0.326 e. The van der Waals surface area contributed by atoms with Crippen LogP contribution < -0.4 is 0 Å². The number of ether oxygens (including phenoxy) is 2. The number of carbonyl (C=O) groups is 3. The van der Waals surface area contributed by atoms with Crippen molar-refractivity contribution in [3.63, 3.8) is 0 Å². The Morgan fingerprint density at radius 3 is 2.33 bits per heavy atom. The number of rotatable bonds is 5. The average molecular weight is 335 g/mol. The van der Waals surface area contributed by atoms with Gasteiger partial charge in [0, 0.05) is 7.11 Å². The first-order valence-corrected chi connectivity index (χ1v) is 7.58. The summed E-state index contributed by atoms with van der Waals surface area (Å²) < 4.78 is 9.69. The van der Waals surface area contributed by atoms with Gasteiger partial charge in [-0.2, -0.15) is 0 Å². The molecule has 1 amide bonds. The number of carbonyl (C=O) groups excluding carboxylic acids is 2. The van der Waals surface area contributed by atoms with Crippen LogP contribution in [0.4, 0.5) is 0 Å². The van der Waals surface area contributed by atoms with Crippen LogP contribution in [0.1, 0.15) is 23.6 Å². The maximum absolute atomic E-state index is 12.5. The van der Waals surface area contributed by atoms with E-state index in [2.05, 4.69) is 0 Å². The van der Waals surface area contributed by atoms with Crippen LogP contribution in [0.5, 0.6) is 0 Å². The quantitative estimate of drug-likeness (QED) is 0.812. The molecule has 1 aliphatic rings. The van der Waals surface area contributed by atoms with Crippen molar-refractivity contribution in [2.24, 2.45) is 5.92 Å². The Hall–Kier alpha value is -2.41. The van der Waals surface area contributed by atoms with E-state index < -0.39 is 35.8 Å². The maximum atomic E-state index is 12.5. The van der Waals surface area contributed by atoms with Crippen LogP contribution in [-0.2, 0) is 23.9 Å². The van der Waals surface area contributed by atoms with Gasteiger partial charge in [0.05, 0.1) is 19.1 Å². The molecule has 0 saturated carbocycles. The lowest BCUT2D eigenvalue weighted by Gasteiger charge is -2.30. The molecule has 7 nitrogen and oxygen atoms in total. The number of esters is 1. The van der Waals surface area contributed by atoms with Gasteiger partial charge in [0.1, 0.15) is 12.6 Å². The number of carboxylic acids is 1. The lowest BCUT2D eigenvalue weighted by molar-refractivity contribution is -0.152. The number of hydrogen-bond donors (Lipinski definition) is 1. The van der Waals surface area contributed by atoms with Gasteiger partial charge >= 0.3 is 11.9 Å². The van der Waals surface area contributed by atoms with Crippen LogP contribution in [0.15, 0.2) is 24.3 Å². The number of aliphatic carboxylic acids is 1. The minimum Gasteiger partial charge on any atom is -0.480 e. The van der Waals surface area contributed by atoms with E-state index >= 15 is 0 Å². The molecule has 0 bridgehead atoms. The van der Waals surface area contributed by atoms with Gasteiger partial charge in [0.2, 0.25) is 5.91 Å². The van der Waals surface area contributed by atoms with E-state index in [1.165, 1.54) is 19.1 Å². The molecule has 1 aromatic rings. The molecule has 0 aromatic heterocycles. The Bertz CT molecular complexity index is 626. The molecule has 1 saturated heterocycles.